The van der Waals surface area contributed by atoms with E-state index in [1.807, 2.05) is 0 Å². The molecule has 1 saturated heterocycles. The second-order valence-corrected chi connectivity index (χ2v) is 8.25. The molecule has 6 nitrogen and oxygen atoms in total. The number of aromatic nitrogens is 1. The molecule has 3 N–H and O–H groups in total. The molecule has 1 aromatic rings. The molecule has 0 spiro atoms. The van der Waals surface area contributed by atoms with Crippen molar-refractivity contribution in [2.45, 2.75) is 42.2 Å². The number of nitrogens with two attached hydrogens (primary N) is 1. The summed E-state index contributed by atoms with van der Waals surface area (Å²) in [5, 5.41) is 11.7. The van der Waals surface area contributed by atoms with Gasteiger partial charge in [0.15, 0.2) is 0 Å². The standard InChI is InChI=1S/C15H22ClN3O3S/c1-14(2,3)22-13(20)19-7-11(15(21,8-17)9-19)23-12-5-4-10(16)6-18-12/h4-6,11,21H,7-9,17H2,1-3H3/t11-,15+/m0/s1. The molecule has 0 bridgehead atoms. The monoisotopic (exact) mass is 359 g/mol. The Labute approximate surface area is 145 Å². The summed E-state index contributed by atoms with van der Waals surface area (Å²) in [6, 6.07) is 3.51. The predicted octanol–water partition coefficient (Wildman–Crippen LogP) is 2.14. The van der Waals surface area contributed by atoms with Gasteiger partial charge in [-0.2, -0.15) is 0 Å². The van der Waals surface area contributed by atoms with Crippen LogP contribution in [0.1, 0.15) is 20.8 Å². The van der Waals surface area contributed by atoms with Crippen LogP contribution in [0.25, 0.3) is 0 Å². The van der Waals surface area contributed by atoms with Crippen LogP contribution in [0.4, 0.5) is 4.79 Å². The van der Waals surface area contributed by atoms with Gasteiger partial charge in [-0.3, -0.25) is 0 Å². The molecule has 0 aromatic carbocycles. The molecule has 23 heavy (non-hydrogen) atoms. The average molecular weight is 360 g/mol. The van der Waals surface area contributed by atoms with Gasteiger partial charge >= 0.3 is 6.09 Å². The number of carbonyl (C=O) groups excluding carboxylic acids is 1. The largest absolute Gasteiger partial charge is 0.444 e. The fourth-order valence-electron chi connectivity index (χ4n) is 2.25. The maximum Gasteiger partial charge on any atom is 0.410 e. The molecule has 1 aliphatic heterocycles. The number of thioether (sulfide) groups is 1. The molecule has 1 amide bonds. The van der Waals surface area contributed by atoms with E-state index in [0.717, 1.165) is 5.03 Å². The van der Waals surface area contributed by atoms with E-state index in [4.69, 9.17) is 22.1 Å². The van der Waals surface area contributed by atoms with Crippen molar-refractivity contribution in [1.29, 1.82) is 0 Å². The molecular formula is C15H22ClN3O3S. The summed E-state index contributed by atoms with van der Waals surface area (Å²) in [4.78, 5) is 17.9. The number of nitrogens with zero attached hydrogens (tertiary/aromatic N) is 2. The van der Waals surface area contributed by atoms with E-state index in [1.165, 1.54) is 16.7 Å². The van der Waals surface area contributed by atoms with E-state index < -0.39 is 17.3 Å². The van der Waals surface area contributed by atoms with Crippen molar-refractivity contribution >= 4 is 29.5 Å². The molecule has 1 aliphatic rings. The van der Waals surface area contributed by atoms with Crippen LogP contribution in [0.3, 0.4) is 0 Å². The van der Waals surface area contributed by atoms with Crippen molar-refractivity contribution in [3.05, 3.63) is 23.4 Å². The van der Waals surface area contributed by atoms with Crippen LogP contribution >= 0.6 is 23.4 Å². The number of β-amino-alcohol motifs (C(OH)–C–C–N with tert-alkyl or cyclic N) is 1. The van der Waals surface area contributed by atoms with E-state index >= 15 is 0 Å². The number of amides is 1. The Balaban J connectivity index is 2.09. The second-order valence-electron chi connectivity index (χ2n) is 6.59. The highest BCUT2D eigenvalue weighted by molar-refractivity contribution is 8.00. The zero-order valence-corrected chi connectivity index (χ0v) is 15.0. The highest BCUT2D eigenvalue weighted by Crippen LogP contribution is 2.35. The summed E-state index contributed by atoms with van der Waals surface area (Å²) in [6.45, 7) is 5.96. The Hall–Kier alpha value is -1.02. The lowest BCUT2D eigenvalue weighted by Gasteiger charge is -2.27. The Morgan fingerprint density at radius 3 is 2.83 bits per heavy atom. The first-order valence-corrected chi connectivity index (χ1v) is 8.57. The third-order valence-electron chi connectivity index (χ3n) is 3.42. The molecule has 128 valence electrons. The fraction of sp³-hybridized carbons (Fsp3) is 0.600. The van der Waals surface area contributed by atoms with Crippen LogP contribution < -0.4 is 5.73 Å². The van der Waals surface area contributed by atoms with Crippen LogP contribution in [-0.2, 0) is 4.74 Å². The molecule has 2 rings (SSSR count). The molecule has 0 radical (unpaired) electrons. The summed E-state index contributed by atoms with van der Waals surface area (Å²) in [7, 11) is 0. The van der Waals surface area contributed by atoms with E-state index in [9.17, 15) is 9.90 Å². The minimum Gasteiger partial charge on any atom is -0.444 e. The van der Waals surface area contributed by atoms with Crippen molar-refractivity contribution < 1.29 is 14.6 Å². The SMILES string of the molecule is CC(C)(C)OC(=O)N1C[C@H](Sc2ccc(Cl)cn2)[C@@](O)(CN)C1. The minimum absolute atomic E-state index is 0.0531. The molecule has 1 fully saturated rings. The molecular weight excluding hydrogens is 338 g/mol. The van der Waals surface area contributed by atoms with Gasteiger partial charge in [-0.05, 0) is 32.9 Å². The zero-order valence-electron chi connectivity index (χ0n) is 13.5. The van der Waals surface area contributed by atoms with E-state index in [0.29, 0.717) is 11.6 Å². The Morgan fingerprint density at radius 2 is 2.30 bits per heavy atom. The van der Waals surface area contributed by atoms with E-state index in [-0.39, 0.29) is 18.3 Å². The van der Waals surface area contributed by atoms with Crippen LogP contribution in [0.2, 0.25) is 5.02 Å². The lowest BCUT2D eigenvalue weighted by atomic mass is 10.0. The predicted molar refractivity (Wildman–Crippen MR) is 90.7 cm³/mol. The molecule has 0 aliphatic carbocycles. The smallest absolute Gasteiger partial charge is 0.410 e. The summed E-state index contributed by atoms with van der Waals surface area (Å²) >= 11 is 7.21. The van der Waals surface area contributed by atoms with Gasteiger partial charge in [0.25, 0.3) is 0 Å². The van der Waals surface area contributed by atoms with Crippen LogP contribution in [0, 0.1) is 0 Å². The van der Waals surface area contributed by atoms with Crippen LogP contribution in [-0.4, -0.2) is 57.2 Å². The number of halogens is 1. The highest BCUT2D eigenvalue weighted by atomic mass is 35.5. The Morgan fingerprint density at radius 1 is 1.61 bits per heavy atom. The second kappa shape index (κ2) is 6.84. The minimum atomic E-state index is -1.18. The van der Waals surface area contributed by atoms with Crippen molar-refractivity contribution in [2.24, 2.45) is 5.73 Å². The van der Waals surface area contributed by atoms with Crippen LogP contribution in [0.5, 0.6) is 0 Å². The van der Waals surface area contributed by atoms with Crippen molar-refractivity contribution in [1.82, 2.24) is 9.88 Å². The van der Waals surface area contributed by atoms with Gasteiger partial charge in [0.1, 0.15) is 11.2 Å². The Bertz CT molecular complexity index is 564. The number of hydrogen-bond donors (Lipinski definition) is 2. The van der Waals surface area contributed by atoms with Crippen molar-refractivity contribution in [2.75, 3.05) is 19.6 Å². The Kier molecular flexibility index (Phi) is 5.45. The topological polar surface area (TPSA) is 88.7 Å². The van der Waals surface area contributed by atoms with Crippen LogP contribution in [0.15, 0.2) is 23.4 Å². The number of carbonyl (C=O) groups is 1. The summed E-state index contributed by atoms with van der Waals surface area (Å²) < 4.78 is 5.37. The van der Waals surface area contributed by atoms with Gasteiger partial charge in [-0.25, -0.2) is 9.78 Å². The molecule has 2 heterocycles. The van der Waals surface area contributed by atoms with Crippen molar-refractivity contribution in [3.8, 4) is 0 Å². The van der Waals surface area contributed by atoms with E-state index in [2.05, 4.69) is 4.98 Å². The molecule has 8 heteroatoms. The first-order valence-electron chi connectivity index (χ1n) is 7.31. The van der Waals surface area contributed by atoms with Crippen molar-refractivity contribution in [3.63, 3.8) is 0 Å². The molecule has 1 aromatic heterocycles. The molecule has 0 unspecified atom stereocenters. The van der Waals surface area contributed by atoms with E-state index in [1.54, 1.807) is 39.1 Å². The number of aliphatic hydroxyl groups is 1. The lowest BCUT2D eigenvalue weighted by molar-refractivity contribution is 0.0179. The first kappa shape index (κ1) is 18.3. The van der Waals surface area contributed by atoms with Gasteiger partial charge in [-0.1, -0.05) is 23.4 Å². The number of rotatable bonds is 3. The summed E-state index contributed by atoms with van der Waals surface area (Å²) in [5.41, 5.74) is 3.98. The van der Waals surface area contributed by atoms with Gasteiger partial charge in [-0.15, -0.1) is 0 Å². The quantitative estimate of drug-likeness (QED) is 0.859. The number of ether oxygens (including phenoxy) is 1. The third kappa shape index (κ3) is 4.73. The summed E-state index contributed by atoms with van der Waals surface area (Å²) in [6.07, 6.45) is 1.10. The van der Waals surface area contributed by atoms with Gasteiger partial charge in [0.2, 0.25) is 0 Å². The normalized spacial score (nSPS) is 24.8. The fourth-order valence-corrected chi connectivity index (χ4v) is 3.56. The highest BCUT2D eigenvalue weighted by Gasteiger charge is 2.47. The molecule has 2 atom stereocenters. The zero-order chi connectivity index (χ0) is 17.3. The number of hydrogen-bond acceptors (Lipinski definition) is 6. The summed E-state index contributed by atoms with van der Waals surface area (Å²) in [5.74, 6) is 0. The number of likely N-dealkylation sites (tertiary alicyclic amines) is 1. The van der Waals surface area contributed by atoms with Gasteiger partial charge in [0.05, 0.1) is 21.8 Å². The maximum absolute atomic E-state index is 12.2. The first-order chi connectivity index (χ1) is 10.6. The lowest BCUT2D eigenvalue weighted by Crippen LogP contribution is -2.47. The average Bonchev–Trinajstić information content (AvgIpc) is 2.78. The maximum atomic E-state index is 12.2. The third-order valence-corrected chi connectivity index (χ3v) is 5.00. The number of pyridine rings is 1. The van der Waals surface area contributed by atoms with Gasteiger partial charge < -0.3 is 20.5 Å². The molecule has 0 saturated carbocycles. The van der Waals surface area contributed by atoms with Gasteiger partial charge in [0, 0.05) is 19.3 Å².